The molecule has 0 saturated carbocycles. The summed E-state index contributed by atoms with van der Waals surface area (Å²) >= 11 is 3.56. The van der Waals surface area contributed by atoms with Crippen molar-refractivity contribution in [1.29, 1.82) is 0 Å². The van der Waals surface area contributed by atoms with Crippen molar-refractivity contribution in [3.8, 4) is 17.2 Å². The standard InChI is InChI=1S/C23H23BrN2O3/c1-27-22-11-9-19(13-23(22)28-2)15-26-25-14-18-8-10-21(20(24)12-18)29-16-17-6-4-3-5-7-17/h3-14,26H,15-16H2,1-2H3/b25-14-. The summed E-state index contributed by atoms with van der Waals surface area (Å²) in [6.45, 7) is 1.11. The molecule has 3 aromatic carbocycles. The highest BCUT2D eigenvalue weighted by atomic mass is 79.9. The molecular formula is C23H23BrN2O3. The predicted molar refractivity (Wildman–Crippen MR) is 119 cm³/mol. The number of hydrogen-bond acceptors (Lipinski definition) is 5. The summed E-state index contributed by atoms with van der Waals surface area (Å²) in [5.41, 5.74) is 6.18. The van der Waals surface area contributed by atoms with E-state index in [9.17, 15) is 0 Å². The van der Waals surface area contributed by atoms with E-state index >= 15 is 0 Å². The van der Waals surface area contributed by atoms with Crippen LogP contribution in [-0.2, 0) is 13.2 Å². The minimum atomic E-state index is 0.528. The van der Waals surface area contributed by atoms with Crippen molar-refractivity contribution in [2.75, 3.05) is 14.2 Å². The fourth-order valence-corrected chi connectivity index (χ4v) is 3.21. The molecule has 6 heteroatoms. The lowest BCUT2D eigenvalue weighted by atomic mass is 10.2. The molecule has 0 fully saturated rings. The first-order chi connectivity index (χ1) is 14.2. The van der Waals surface area contributed by atoms with Gasteiger partial charge in [0.05, 0.1) is 31.5 Å². The molecule has 3 rings (SSSR count). The molecule has 150 valence electrons. The van der Waals surface area contributed by atoms with Crippen LogP contribution in [0.1, 0.15) is 16.7 Å². The molecule has 29 heavy (non-hydrogen) atoms. The zero-order chi connectivity index (χ0) is 20.5. The lowest BCUT2D eigenvalue weighted by Gasteiger charge is -2.09. The van der Waals surface area contributed by atoms with Gasteiger partial charge >= 0.3 is 0 Å². The molecule has 0 saturated heterocycles. The molecule has 0 heterocycles. The van der Waals surface area contributed by atoms with Crippen LogP contribution in [0, 0.1) is 0 Å². The van der Waals surface area contributed by atoms with Gasteiger partial charge in [-0.1, -0.05) is 36.4 Å². The summed E-state index contributed by atoms with van der Waals surface area (Å²) in [6.07, 6.45) is 1.77. The summed E-state index contributed by atoms with van der Waals surface area (Å²) < 4.78 is 17.3. The van der Waals surface area contributed by atoms with E-state index < -0.39 is 0 Å². The second-order valence-corrected chi connectivity index (χ2v) is 7.10. The highest BCUT2D eigenvalue weighted by Crippen LogP contribution is 2.28. The van der Waals surface area contributed by atoms with Crippen LogP contribution in [0.4, 0.5) is 0 Å². The maximum Gasteiger partial charge on any atom is 0.161 e. The zero-order valence-electron chi connectivity index (χ0n) is 16.4. The number of halogens is 1. The van der Waals surface area contributed by atoms with Gasteiger partial charge in [0.2, 0.25) is 0 Å². The molecule has 0 radical (unpaired) electrons. The molecule has 0 unspecified atom stereocenters. The van der Waals surface area contributed by atoms with Crippen molar-refractivity contribution in [3.63, 3.8) is 0 Å². The topological polar surface area (TPSA) is 52.1 Å². The number of hydrogen-bond donors (Lipinski definition) is 1. The predicted octanol–water partition coefficient (Wildman–Crippen LogP) is 5.17. The van der Waals surface area contributed by atoms with Gasteiger partial charge in [-0.2, -0.15) is 5.10 Å². The molecule has 0 aromatic heterocycles. The Kier molecular flexibility index (Phi) is 7.53. The van der Waals surface area contributed by atoms with Crippen LogP contribution in [0.25, 0.3) is 0 Å². The first kappa shape index (κ1) is 20.7. The molecule has 0 aliphatic carbocycles. The van der Waals surface area contributed by atoms with E-state index in [-0.39, 0.29) is 0 Å². The van der Waals surface area contributed by atoms with Crippen molar-refractivity contribution in [2.24, 2.45) is 5.10 Å². The molecule has 0 aliphatic heterocycles. The Bertz CT molecular complexity index is 962. The molecule has 0 bridgehead atoms. The number of ether oxygens (including phenoxy) is 3. The monoisotopic (exact) mass is 454 g/mol. The van der Waals surface area contributed by atoms with Gasteiger partial charge in [-0.25, -0.2) is 0 Å². The summed E-state index contributed by atoms with van der Waals surface area (Å²) in [5.74, 6) is 2.20. The molecule has 0 amide bonds. The first-order valence-corrected chi connectivity index (χ1v) is 9.92. The van der Waals surface area contributed by atoms with Crippen molar-refractivity contribution in [1.82, 2.24) is 5.43 Å². The number of benzene rings is 3. The highest BCUT2D eigenvalue weighted by Gasteiger charge is 2.04. The normalized spacial score (nSPS) is 10.7. The average Bonchev–Trinajstić information content (AvgIpc) is 2.76. The Labute approximate surface area is 179 Å². The van der Waals surface area contributed by atoms with Gasteiger partial charge in [0, 0.05) is 0 Å². The van der Waals surface area contributed by atoms with E-state index in [2.05, 4.69) is 26.5 Å². The Hall–Kier alpha value is -2.99. The third-order valence-corrected chi connectivity index (χ3v) is 4.85. The summed E-state index contributed by atoms with van der Waals surface area (Å²) in [6, 6.07) is 21.7. The SMILES string of the molecule is COc1ccc(CN/N=C\c2ccc(OCc3ccccc3)c(Br)c2)cc1OC. The van der Waals surface area contributed by atoms with Gasteiger partial charge < -0.3 is 19.6 Å². The van der Waals surface area contributed by atoms with Crippen LogP contribution in [0.15, 0.2) is 76.3 Å². The average molecular weight is 455 g/mol. The number of nitrogens with zero attached hydrogens (tertiary/aromatic N) is 1. The minimum absolute atomic E-state index is 0.528. The van der Waals surface area contributed by atoms with Crippen LogP contribution >= 0.6 is 15.9 Å². The highest BCUT2D eigenvalue weighted by molar-refractivity contribution is 9.10. The van der Waals surface area contributed by atoms with Gasteiger partial charge in [0.25, 0.3) is 0 Å². The molecule has 1 N–H and O–H groups in total. The van der Waals surface area contributed by atoms with Crippen LogP contribution in [0.5, 0.6) is 17.2 Å². The second kappa shape index (κ2) is 10.5. The largest absolute Gasteiger partial charge is 0.493 e. The Balaban J connectivity index is 1.53. The Morgan fingerprint density at radius 3 is 2.34 bits per heavy atom. The first-order valence-electron chi connectivity index (χ1n) is 9.12. The Morgan fingerprint density at radius 2 is 1.62 bits per heavy atom. The van der Waals surface area contributed by atoms with Crippen molar-refractivity contribution < 1.29 is 14.2 Å². The van der Waals surface area contributed by atoms with Crippen molar-refractivity contribution in [2.45, 2.75) is 13.2 Å². The van der Waals surface area contributed by atoms with E-state index in [1.165, 1.54) is 0 Å². The number of rotatable bonds is 9. The number of nitrogens with one attached hydrogen (secondary N) is 1. The van der Waals surface area contributed by atoms with Gasteiger partial charge in [-0.3, -0.25) is 0 Å². The van der Waals surface area contributed by atoms with Crippen molar-refractivity contribution >= 4 is 22.1 Å². The molecular weight excluding hydrogens is 432 g/mol. The van der Waals surface area contributed by atoms with Crippen LogP contribution in [0.2, 0.25) is 0 Å². The summed E-state index contributed by atoms with van der Waals surface area (Å²) in [7, 11) is 3.24. The molecule has 0 aliphatic rings. The van der Waals surface area contributed by atoms with Crippen LogP contribution < -0.4 is 19.6 Å². The van der Waals surface area contributed by atoms with Crippen LogP contribution in [-0.4, -0.2) is 20.4 Å². The molecule has 0 atom stereocenters. The number of hydrazone groups is 1. The molecule has 5 nitrogen and oxygen atoms in total. The lowest BCUT2D eigenvalue weighted by Crippen LogP contribution is -2.06. The Morgan fingerprint density at radius 1 is 0.862 bits per heavy atom. The summed E-state index contributed by atoms with van der Waals surface area (Å²) in [4.78, 5) is 0. The smallest absolute Gasteiger partial charge is 0.161 e. The van der Waals surface area contributed by atoms with E-state index in [0.29, 0.717) is 24.7 Å². The molecule has 0 spiro atoms. The van der Waals surface area contributed by atoms with Gasteiger partial charge in [0.15, 0.2) is 11.5 Å². The van der Waals surface area contributed by atoms with E-state index in [0.717, 1.165) is 26.9 Å². The lowest BCUT2D eigenvalue weighted by molar-refractivity contribution is 0.304. The van der Waals surface area contributed by atoms with E-state index in [1.807, 2.05) is 66.7 Å². The quantitative estimate of drug-likeness (QED) is 0.357. The maximum absolute atomic E-state index is 5.87. The summed E-state index contributed by atoms with van der Waals surface area (Å²) in [5, 5.41) is 4.29. The number of methoxy groups -OCH3 is 2. The fourth-order valence-electron chi connectivity index (χ4n) is 2.70. The van der Waals surface area contributed by atoms with Gasteiger partial charge in [-0.05, 0) is 63.0 Å². The van der Waals surface area contributed by atoms with Crippen molar-refractivity contribution in [3.05, 3.63) is 87.9 Å². The second-order valence-electron chi connectivity index (χ2n) is 6.25. The minimum Gasteiger partial charge on any atom is -0.493 e. The van der Waals surface area contributed by atoms with Gasteiger partial charge in [0.1, 0.15) is 12.4 Å². The van der Waals surface area contributed by atoms with E-state index in [1.54, 1.807) is 20.4 Å². The van der Waals surface area contributed by atoms with Gasteiger partial charge in [-0.15, -0.1) is 0 Å². The molecule has 3 aromatic rings. The van der Waals surface area contributed by atoms with Crippen LogP contribution in [0.3, 0.4) is 0 Å². The zero-order valence-corrected chi connectivity index (χ0v) is 18.0. The third-order valence-electron chi connectivity index (χ3n) is 4.23. The fraction of sp³-hybridized carbons (Fsp3) is 0.174. The van der Waals surface area contributed by atoms with E-state index in [4.69, 9.17) is 14.2 Å². The third kappa shape index (κ3) is 5.99. The maximum atomic E-state index is 5.87.